The minimum atomic E-state index is -1.10. The molecule has 19 heavy (non-hydrogen) atoms. The maximum Gasteiger partial charge on any atom is 0.330 e. The highest BCUT2D eigenvalue weighted by atomic mass is 16.5. The van der Waals surface area contributed by atoms with Gasteiger partial charge in [-0.25, -0.2) is 4.79 Å². The molecule has 1 fully saturated rings. The largest absolute Gasteiger partial charge is 0.367 e. The maximum absolute atomic E-state index is 11.6. The third-order valence-corrected chi connectivity index (χ3v) is 2.74. The average molecular weight is 266 g/mol. The Labute approximate surface area is 105 Å². The highest BCUT2D eigenvalue weighted by Crippen LogP contribution is 2.29. The van der Waals surface area contributed by atoms with E-state index in [1.54, 1.807) is 0 Å². The van der Waals surface area contributed by atoms with Crippen LogP contribution in [0, 0.1) is 0 Å². The van der Waals surface area contributed by atoms with E-state index in [-0.39, 0.29) is 6.42 Å². The van der Waals surface area contributed by atoms with Gasteiger partial charge in [0.25, 0.3) is 5.56 Å². The van der Waals surface area contributed by atoms with Crippen LogP contribution in [0.25, 0.3) is 10.4 Å². The summed E-state index contributed by atoms with van der Waals surface area (Å²) >= 11 is 0. The fourth-order valence-corrected chi connectivity index (χ4v) is 1.91. The lowest BCUT2D eigenvalue weighted by atomic mass is 10.1. The van der Waals surface area contributed by atoms with Gasteiger partial charge in [-0.3, -0.25) is 19.1 Å². The van der Waals surface area contributed by atoms with Crippen molar-refractivity contribution >= 4 is 5.91 Å². The molecule has 0 bridgehead atoms. The number of hydrogen-bond acceptors (Lipinski definition) is 5. The van der Waals surface area contributed by atoms with Crippen molar-refractivity contribution in [2.45, 2.75) is 24.8 Å². The highest BCUT2D eigenvalue weighted by Gasteiger charge is 2.39. The van der Waals surface area contributed by atoms with Crippen LogP contribution in [0.5, 0.6) is 0 Å². The van der Waals surface area contributed by atoms with Crippen LogP contribution in [0.3, 0.4) is 0 Å². The normalized spacial score (nSPS) is 25.8. The summed E-state index contributed by atoms with van der Waals surface area (Å²) in [6, 6.07) is 0.358. The van der Waals surface area contributed by atoms with Crippen molar-refractivity contribution in [1.82, 2.24) is 9.55 Å². The third kappa shape index (κ3) is 2.49. The fraction of sp³-hybridized carbons (Fsp3) is 0.444. The van der Waals surface area contributed by atoms with Gasteiger partial charge in [0.2, 0.25) is 5.91 Å². The number of nitrogens with two attached hydrogens (primary N) is 1. The molecule has 10 nitrogen and oxygen atoms in total. The van der Waals surface area contributed by atoms with Crippen molar-refractivity contribution in [2.75, 3.05) is 0 Å². The van der Waals surface area contributed by atoms with E-state index >= 15 is 0 Å². The smallest absolute Gasteiger partial charge is 0.330 e. The van der Waals surface area contributed by atoms with Gasteiger partial charge in [0.1, 0.15) is 12.3 Å². The number of carbonyl (C=O) groups is 1. The first-order chi connectivity index (χ1) is 9.02. The first-order valence-corrected chi connectivity index (χ1v) is 5.33. The van der Waals surface area contributed by atoms with Gasteiger partial charge in [0, 0.05) is 23.6 Å². The molecule has 100 valence electrons. The van der Waals surface area contributed by atoms with Gasteiger partial charge in [-0.2, -0.15) is 0 Å². The molecular formula is C9H10N6O4. The summed E-state index contributed by atoms with van der Waals surface area (Å²) in [6.45, 7) is 0. The van der Waals surface area contributed by atoms with E-state index < -0.39 is 35.5 Å². The lowest BCUT2D eigenvalue weighted by Gasteiger charge is -2.13. The number of ether oxygens (including phenoxy) is 1. The Kier molecular flexibility index (Phi) is 3.36. The molecule has 1 aromatic rings. The number of nitrogens with one attached hydrogen (secondary N) is 1. The molecule has 10 heteroatoms. The second kappa shape index (κ2) is 4.96. The Morgan fingerprint density at radius 3 is 2.95 bits per heavy atom. The lowest BCUT2D eigenvalue weighted by molar-refractivity contribution is -0.131. The van der Waals surface area contributed by atoms with Crippen LogP contribution in [0.4, 0.5) is 0 Å². The molecule has 0 spiro atoms. The SMILES string of the molecule is [N-]=[N+]=NC1C[C@H](n2ccc(=O)[nH]c2=O)O[C@@H]1C(N)=O. The van der Waals surface area contributed by atoms with Gasteiger partial charge in [-0.1, -0.05) is 5.11 Å². The van der Waals surface area contributed by atoms with Crippen LogP contribution < -0.4 is 17.0 Å². The van der Waals surface area contributed by atoms with Crippen LogP contribution in [0.1, 0.15) is 12.6 Å². The van der Waals surface area contributed by atoms with Gasteiger partial charge < -0.3 is 10.5 Å². The molecule has 0 aliphatic carbocycles. The second-order valence-electron chi connectivity index (χ2n) is 3.94. The zero-order valence-corrected chi connectivity index (χ0v) is 9.59. The Bertz CT molecular complexity index is 647. The van der Waals surface area contributed by atoms with E-state index in [1.165, 1.54) is 6.20 Å². The van der Waals surface area contributed by atoms with E-state index in [1.807, 2.05) is 0 Å². The number of H-pyrrole nitrogens is 1. The first kappa shape index (κ1) is 12.9. The Hall–Kier alpha value is -2.58. The van der Waals surface area contributed by atoms with E-state index in [0.29, 0.717) is 0 Å². The van der Waals surface area contributed by atoms with Crippen molar-refractivity contribution in [3.63, 3.8) is 0 Å². The molecular weight excluding hydrogens is 256 g/mol. The summed E-state index contributed by atoms with van der Waals surface area (Å²) in [6.07, 6.45) is -0.566. The summed E-state index contributed by atoms with van der Waals surface area (Å²) in [7, 11) is 0. The zero-order valence-electron chi connectivity index (χ0n) is 9.59. The first-order valence-electron chi connectivity index (χ1n) is 5.33. The third-order valence-electron chi connectivity index (χ3n) is 2.74. The average Bonchev–Trinajstić information content (AvgIpc) is 2.73. The number of azide groups is 1. The predicted molar refractivity (Wildman–Crippen MR) is 62.0 cm³/mol. The molecule has 1 aromatic heterocycles. The summed E-state index contributed by atoms with van der Waals surface area (Å²) in [5, 5.41) is 3.42. The van der Waals surface area contributed by atoms with Crippen LogP contribution in [0.15, 0.2) is 27.0 Å². The van der Waals surface area contributed by atoms with Gasteiger partial charge >= 0.3 is 5.69 Å². The number of carbonyl (C=O) groups excluding carboxylic acids is 1. The number of primary amides is 1. The predicted octanol–water partition coefficient (Wildman–Crippen LogP) is -1.01. The fourth-order valence-electron chi connectivity index (χ4n) is 1.91. The molecule has 0 radical (unpaired) electrons. The monoisotopic (exact) mass is 266 g/mol. The maximum atomic E-state index is 11.6. The molecule has 2 heterocycles. The molecule has 0 saturated carbocycles. The number of nitrogens with zero attached hydrogens (tertiary/aromatic N) is 4. The molecule has 1 aliphatic heterocycles. The topological polar surface area (TPSA) is 156 Å². The standard InChI is InChI=1S/C9H10N6O4/c10-8(17)7-4(13-14-11)3-6(19-7)15-2-1-5(16)12-9(15)18/h1-2,4,6-7H,3H2,(H2,10,17)(H,12,16,18)/t4?,6-,7+/m1/s1. The molecule has 3 atom stereocenters. The van der Waals surface area contributed by atoms with Gasteiger partial charge in [0.15, 0.2) is 0 Å². The number of rotatable bonds is 3. The summed E-state index contributed by atoms with van der Waals surface area (Å²) in [5.74, 6) is -0.780. The highest BCUT2D eigenvalue weighted by molar-refractivity contribution is 5.80. The minimum absolute atomic E-state index is 0.115. The molecule has 0 aromatic carbocycles. The molecule has 1 saturated heterocycles. The molecule has 1 aliphatic rings. The van der Waals surface area contributed by atoms with E-state index in [9.17, 15) is 14.4 Å². The Balaban J connectivity index is 2.33. The van der Waals surface area contributed by atoms with E-state index in [0.717, 1.165) is 10.6 Å². The molecule has 2 rings (SSSR count). The summed E-state index contributed by atoms with van der Waals surface area (Å²) in [5.41, 5.74) is 12.3. The van der Waals surface area contributed by atoms with E-state index in [4.69, 9.17) is 16.0 Å². The van der Waals surface area contributed by atoms with Gasteiger partial charge in [-0.15, -0.1) is 0 Å². The molecule has 3 N–H and O–H groups in total. The van der Waals surface area contributed by atoms with E-state index in [2.05, 4.69) is 15.0 Å². The Morgan fingerprint density at radius 1 is 1.63 bits per heavy atom. The van der Waals surface area contributed by atoms with Crippen LogP contribution in [-0.2, 0) is 9.53 Å². The summed E-state index contributed by atoms with van der Waals surface area (Å²) < 4.78 is 6.40. The van der Waals surface area contributed by atoms with Crippen LogP contribution in [0.2, 0.25) is 0 Å². The number of aromatic nitrogens is 2. The number of hydrogen-bond donors (Lipinski definition) is 2. The number of amides is 1. The van der Waals surface area contributed by atoms with Crippen molar-refractivity contribution in [3.05, 3.63) is 43.5 Å². The van der Waals surface area contributed by atoms with Gasteiger partial charge in [-0.05, 0) is 5.53 Å². The van der Waals surface area contributed by atoms with Crippen molar-refractivity contribution < 1.29 is 9.53 Å². The minimum Gasteiger partial charge on any atom is -0.367 e. The van der Waals surface area contributed by atoms with Crippen molar-refractivity contribution in [3.8, 4) is 0 Å². The van der Waals surface area contributed by atoms with Crippen molar-refractivity contribution in [1.29, 1.82) is 0 Å². The molecule has 1 unspecified atom stereocenters. The quantitative estimate of drug-likeness (QED) is 0.408. The van der Waals surface area contributed by atoms with Crippen LogP contribution in [-0.4, -0.2) is 27.6 Å². The summed E-state index contributed by atoms with van der Waals surface area (Å²) in [4.78, 5) is 38.4. The number of aromatic amines is 1. The van der Waals surface area contributed by atoms with Gasteiger partial charge in [0.05, 0.1) is 6.04 Å². The second-order valence-corrected chi connectivity index (χ2v) is 3.94. The Morgan fingerprint density at radius 2 is 2.37 bits per heavy atom. The van der Waals surface area contributed by atoms with Crippen molar-refractivity contribution in [2.24, 2.45) is 10.8 Å². The molecule has 1 amide bonds. The lowest BCUT2D eigenvalue weighted by Crippen LogP contribution is -2.35. The van der Waals surface area contributed by atoms with Crippen LogP contribution >= 0.6 is 0 Å². The zero-order chi connectivity index (χ0) is 14.0.